The predicted molar refractivity (Wildman–Crippen MR) is 118 cm³/mol. The van der Waals surface area contributed by atoms with E-state index in [4.69, 9.17) is 0 Å². The molecule has 3 aromatic rings. The Hall–Kier alpha value is -3.14. The Morgan fingerprint density at radius 1 is 1.03 bits per heavy atom. The van der Waals surface area contributed by atoms with Crippen molar-refractivity contribution in [3.63, 3.8) is 0 Å². The van der Waals surface area contributed by atoms with Gasteiger partial charge in [0.05, 0.1) is 17.4 Å². The smallest absolute Gasteiger partial charge is 0.257 e. The van der Waals surface area contributed by atoms with Crippen LogP contribution in [0.1, 0.15) is 34.3 Å². The molecule has 148 valence electrons. The van der Waals surface area contributed by atoms with Crippen LogP contribution in [0.5, 0.6) is 0 Å². The molecule has 0 aliphatic carbocycles. The predicted octanol–water partition coefficient (Wildman–Crippen LogP) is 5.10. The number of amides is 1. The first-order chi connectivity index (χ1) is 14.2. The molecule has 4 rings (SSSR count). The number of hydrogen-bond donors (Lipinski definition) is 1. The summed E-state index contributed by atoms with van der Waals surface area (Å²) in [6.07, 6.45) is 6.97. The number of nitrogens with zero attached hydrogens (tertiary/aromatic N) is 2. The van der Waals surface area contributed by atoms with Crippen LogP contribution in [0.2, 0.25) is 0 Å². The van der Waals surface area contributed by atoms with Gasteiger partial charge < -0.3 is 10.2 Å². The van der Waals surface area contributed by atoms with E-state index in [-0.39, 0.29) is 5.91 Å². The molecule has 2 aromatic carbocycles. The third-order valence-electron chi connectivity index (χ3n) is 5.61. The van der Waals surface area contributed by atoms with Gasteiger partial charge in [0, 0.05) is 25.0 Å². The topological polar surface area (TPSA) is 45.2 Å². The molecule has 1 amide bonds. The lowest BCUT2D eigenvalue weighted by atomic mass is 9.90. The maximum Gasteiger partial charge on any atom is 0.257 e. The highest BCUT2D eigenvalue weighted by molar-refractivity contribution is 6.04. The van der Waals surface area contributed by atoms with Gasteiger partial charge in [-0.25, -0.2) is 0 Å². The first kappa shape index (κ1) is 19.2. The SMILES string of the molecule is Cc1cccc(NC(=O)c2cncc(N3CCC(Cc4ccccc4)CC3)c2)c1. The molecule has 1 aromatic heterocycles. The lowest BCUT2D eigenvalue weighted by Crippen LogP contribution is -2.34. The average molecular weight is 386 g/mol. The summed E-state index contributed by atoms with van der Waals surface area (Å²) < 4.78 is 0. The van der Waals surface area contributed by atoms with E-state index in [0.29, 0.717) is 5.56 Å². The molecular formula is C25H27N3O. The third kappa shape index (κ3) is 5.02. The monoisotopic (exact) mass is 385 g/mol. The molecule has 29 heavy (non-hydrogen) atoms. The Bertz CT molecular complexity index is 963. The fourth-order valence-electron chi connectivity index (χ4n) is 3.99. The largest absolute Gasteiger partial charge is 0.370 e. The number of carbonyl (C=O) groups excluding carboxylic acids is 1. The third-order valence-corrected chi connectivity index (χ3v) is 5.61. The summed E-state index contributed by atoms with van der Waals surface area (Å²) in [5.41, 5.74) is 4.97. The summed E-state index contributed by atoms with van der Waals surface area (Å²) in [5.74, 6) is 0.596. The van der Waals surface area contributed by atoms with Crippen LogP contribution in [0.3, 0.4) is 0 Å². The molecular weight excluding hydrogens is 358 g/mol. The Morgan fingerprint density at radius 2 is 1.83 bits per heavy atom. The van der Waals surface area contributed by atoms with E-state index in [1.807, 2.05) is 43.5 Å². The second kappa shape index (κ2) is 8.91. The van der Waals surface area contributed by atoms with Crippen molar-refractivity contribution < 1.29 is 4.79 Å². The summed E-state index contributed by atoms with van der Waals surface area (Å²) in [7, 11) is 0. The van der Waals surface area contributed by atoms with E-state index in [0.717, 1.165) is 55.2 Å². The average Bonchev–Trinajstić information content (AvgIpc) is 2.75. The fourth-order valence-corrected chi connectivity index (χ4v) is 3.99. The summed E-state index contributed by atoms with van der Waals surface area (Å²) in [6, 6.07) is 20.5. The van der Waals surface area contributed by atoms with Crippen LogP contribution in [0.25, 0.3) is 0 Å². The van der Waals surface area contributed by atoms with E-state index < -0.39 is 0 Å². The second-order valence-electron chi connectivity index (χ2n) is 7.88. The first-order valence-electron chi connectivity index (χ1n) is 10.3. The van der Waals surface area contributed by atoms with Crippen LogP contribution < -0.4 is 10.2 Å². The molecule has 1 aliphatic heterocycles. The molecule has 2 heterocycles. The Morgan fingerprint density at radius 3 is 2.59 bits per heavy atom. The Kier molecular flexibility index (Phi) is 5.89. The molecule has 0 atom stereocenters. The number of aryl methyl sites for hydroxylation is 1. The number of rotatable bonds is 5. The van der Waals surface area contributed by atoms with Crippen LogP contribution in [0.15, 0.2) is 73.1 Å². The van der Waals surface area contributed by atoms with Crippen LogP contribution >= 0.6 is 0 Å². The molecule has 0 spiro atoms. The summed E-state index contributed by atoms with van der Waals surface area (Å²) >= 11 is 0. The van der Waals surface area contributed by atoms with Crippen molar-refractivity contribution in [3.05, 3.63) is 89.7 Å². The lowest BCUT2D eigenvalue weighted by Gasteiger charge is -2.33. The number of hydrogen-bond acceptors (Lipinski definition) is 3. The van der Waals surface area contributed by atoms with Gasteiger partial charge in [-0.05, 0) is 61.4 Å². The molecule has 0 bridgehead atoms. The minimum absolute atomic E-state index is 0.121. The molecule has 0 unspecified atom stereocenters. The van der Waals surface area contributed by atoms with Crippen molar-refractivity contribution in [1.82, 2.24) is 4.98 Å². The molecule has 4 nitrogen and oxygen atoms in total. The number of aromatic nitrogens is 1. The number of nitrogens with one attached hydrogen (secondary N) is 1. The minimum atomic E-state index is -0.121. The molecule has 1 saturated heterocycles. The fraction of sp³-hybridized carbons (Fsp3) is 0.280. The van der Waals surface area contributed by atoms with E-state index in [2.05, 4.69) is 45.5 Å². The van der Waals surface area contributed by atoms with Crippen LogP contribution in [-0.4, -0.2) is 24.0 Å². The zero-order valence-corrected chi connectivity index (χ0v) is 16.8. The number of carbonyl (C=O) groups is 1. The van der Waals surface area contributed by atoms with Crippen molar-refractivity contribution in [3.8, 4) is 0 Å². The van der Waals surface area contributed by atoms with Gasteiger partial charge in [0.2, 0.25) is 0 Å². The number of anilines is 2. The maximum absolute atomic E-state index is 12.6. The highest BCUT2D eigenvalue weighted by Crippen LogP contribution is 2.26. The molecule has 0 radical (unpaired) electrons. The van der Waals surface area contributed by atoms with Gasteiger partial charge in [0.1, 0.15) is 0 Å². The van der Waals surface area contributed by atoms with Crippen molar-refractivity contribution in [2.75, 3.05) is 23.3 Å². The van der Waals surface area contributed by atoms with Gasteiger partial charge in [0.15, 0.2) is 0 Å². The first-order valence-corrected chi connectivity index (χ1v) is 10.3. The molecule has 1 N–H and O–H groups in total. The summed E-state index contributed by atoms with van der Waals surface area (Å²) in [4.78, 5) is 19.3. The lowest BCUT2D eigenvalue weighted by molar-refractivity contribution is 0.102. The molecule has 4 heteroatoms. The zero-order chi connectivity index (χ0) is 20.1. The van der Waals surface area contributed by atoms with Crippen LogP contribution in [0, 0.1) is 12.8 Å². The minimum Gasteiger partial charge on any atom is -0.370 e. The summed E-state index contributed by atoms with van der Waals surface area (Å²) in [6.45, 7) is 4.02. The zero-order valence-electron chi connectivity index (χ0n) is 16.8. The van der Waals surface area contributed by atoms with Gasteiger partial charge in [-0.1, -0.05) is 42.5 Å². The highest BCUT2D eigenvalue weighted by atomic mass is 16.1. The van der Waals surface area contributed by atoms with Crippen LogP contribution in [0.4, 0.5) is 11.4 Å². The van der Waals surface area contributed by atoms with Crippen molar-refractivity contribution >= 4 is 17.3 Å². The van der Waals surface area contributed by atoms with Gasteiger partial charge in [0.25, 0.3) is 5.91 Å². The Balaban J connectivity index is 1.37. The van der Waals surface area contributed by atoms with E-state index in [1.165, 1.54) is 5.56 Å². The van der Waals surface area contributed by atoms with Crippen molar-refractivity contribution in [1.29, 1.82) is 0 Å². The van der Waals surface area contributed by atoms with Gasteiger partial charge in [-0.15, -0.1) is 0 Å². The van der Waals surface area contributed by atoms with E-state index in [1.54, 1.807) is 6.20 Å². The number of pyridine rings is 1. The normalized spacial score (nSPS) is 14.6. The quantitative estimate of drug-likeness (QED) is 0.664. The van der Waals surface area contributed by atoms with Gasteiger partial charge in [-0.2, -0.15) is 0 Å². The highest BCUT2D eigenvalue weighted by Gasteiger charge is 2.20. The van der Waals surface area contributed by atoms with E-state index >= 15 is 0 Å². The molecule has 1 aliphatic rings. The van der Waals surface area contributed by atoms with Crippen LogP contribution in [-0.2, 0) is 6.42 Å². The van der Waals surface area contributed by atoms with Crippen molar-refractivity contribution in [2.45, 2.75) is 26.2 Å². The Labute approximate surface area is 172 Å². The maximum atomic E-state index is 12.6. The summed E-state index contributed by atoms with van der Waals surface area (Å²) in [5, 5.41) is 2.97. The van der Waals surface area contributed by atoms with E-state index in [9.17, 15) is 4.79 Å². The molecule has 1 fully saturated rings. The number of piperidine rings is 1. The second-order valence-corrected chi connectivity index (χ2v) is 7.88. The van der Waals surface area contributed by atoms with Crippen molar-refractivity contribution in [2.24, 2.45) is 5.92 Å². The molecule has 0 saturated carbocycles. The number of benzene rings is 2. The van der Waals surface area contributed by atoms with Gasteiger partial charge >= 0.3 is 0 Å². The van der Waals surface area contributed by atoms with Gasteiger partial charge in [-0.3, -0.25) is 9.78 Å². The standard InChI is InChI=1S/C25H27N3O/c1-19-6-5-9-23(14-19)27-25(29)22-16-24(18-26-17-22)28-12-10-21(11-13-28)15-20-7-3-2-4-8-20/h2-9,14,16-18,21H,10-13,15H2,1H3,(H,27,29).